The van der Waals surface area contributed by atoms with Crippen molar-refractivity contribution in [2.45, 2.75) is 18.6 Å². The second-order valence-electron chi connectivity index (χ2n) is 10.6. The molecule has 10 nitrogen and oxygen atoms in total. The van der Waals surface area contributed by atoms with E-state index in [0.29, 0.717) is 39.2 Å². The number of aromatic hydroxyl groups is 5. The Kier molecular flexibility index (Phi) is 6.22. The average molecular weight is 594 g/mol. The monoisotopic (exact) mass is 593 g/mol. The number of fused-ring (bicyclic) bond motifs is 1. The summed E-state index contributed by atoms with van der Waals surface area (Å²) in [6, 6.07) is 18.2. The van der Waals surface area contributed by atoms with Gasteiger partial charge in [-0.1, -0.05) is 6.07 Å². The molecule has 44 heavy (non-hydrogen) atoms. The third kappa shape index (κ3) is 4.63. The molecule has 10 heteroatoms. The molecule has 0 radical (unpaired) electrons. The molecule has 0 saturated carbocycles. The first-order valence-corrected chi connectivity index (χ1v) is 13.6. The van der Waals surface area contributed by atoms with Gasteiger partial charge in [-0.05, 0) is 71.6 Å². The van der Waals surface area contributed by atoms with Crippen LogP contribution in [0.1, 0.15) is 28.6 Å². The summed E-state index contributed by atoms with van der Waals surface area (Å²) >= 11 is 0. The molecule has 0 bridgehead atoms. The molecule has 0 aliphatic carbocycles. The van der Waals surface area contributed by atoms with Crippen molar-refractivity contribution in [2.75, 3.05) is 0 Å². The van der Waals surface area contributed by atoms with E-state index in [1.165, 1.54) is 30.3 Å². The van der Waals surface area contributed by atoms with Crippen LogP contribution in [-0.2, 0) is 6.42 Å². The van der Waals surface area contributed by atoms with Crippen molar-refractivity contribution in [3.8, 4) is 45.8 Å². The molecule has 2 atom stereocenters. The van der Waals surface area contributed by atoms with E-state index >= 15 is 0 Å². The predicted molar refractivity (Wildman–Crippen MR) is 160 cm³/mol. The number of rotatable bonds is 4. The van der Waals surface area contributed by atoms with Crippen LogP contribution in [-0.4, -0.2) is 41.5 Å². The SMILES string of the molecule is Oc1ccc(-c2cc3cc(C=Cc4c(O)cc(O)c5c4OC(c4ccc(O)c(O)c4)C(O)C5)oc4cc(=[OH+])cc(o2)c34)cc1. The first kappa shape index (κ1) is 27.0. The van der Waals surface area contributed by atoms with E-state index in [1.807, 2.05) is 6.07 Å². The van der Waals surface area contributed by atoms with Gasteiger partial charge in [0.05, 0.1) is 29.2 Å². The van der Waals surface area contributed by atoms with Gasteiger partial charge in [0.15, 0.2) is 11.5 Å². The quantitative estimate of drug-likeness (QED) is 0.112. The minimum absolute atomic E-state index is 0.00796. The Morgan fingerprint density at radius 2 is 1.48 bits per heavy atom. The molecular weight excluding hydrogens is 568 g/mol. The molecule has 2 unspecified atom stereocenters. The van der Waals surface area contributed by atoms with Gasteiger partial charge in [-0.2, -0.15) is 0 Å². The molecule has 4 aromatic carbocycles. The minimum atomic E-state index is -1.10. The summed E-state index contributed by atoms with van der Waals surface area (Å²) in [6.45, 7) is 0. The Balaban J connectivity index is 1.32. The molecule has 7 rings (SSSR count). The van der Waals surface area contributed by atoms with Crippen LogP contribution in [0.4, 0.5) is 0 Å². The highest BCUT2D eigenvalue weighted by Gasteiger charge is 2.34. The van der Waals surface area contributed by atoms with E-state index in [1.54, 1.807) is 42.5 Å². The maximum absolute atomic E-state index is 10.8. The molecule has 7 N–H and O–H groups in total. The van der Waals surface area contributed by atoms with E-state index in [2.05, 4.69) is 0 Å². The molecular formula is C34H25O10+. The lowest BCUT2D eigenvalue weighted by Gasteiger charge is -2.32. The van der Waals surface area contributed by atoms with Crippen LogP contribution in [0.3, 0.4) is 0 Å². The number of phenols is 5. The highest BCUT2D eigenvalue weighted by molar-refractivity contribution is 6.06. The van der Waals surface area contributed by atoms with Gasteiger partial charge in [-0.25, -0.2) is 0 Å². The summed E-state index contributed by atoms with van der Waals surface area (Å²) in [5.74, 6) is -0.158. The zero-order valence-electron chi connectivity index (χ0n) is 22.8. The van der Waals surface area contributed by atoms with Gasteiger partial charge in [-0.3, -0.25) is 4.79 Å². The maximum Gasteiger partial charge on any atom is 0.347 e. The summed E-state index contributed by atoms with van der Waals surface area (Å²) in [7, 11) is 0. The average Bonchev–Trinajstić information content (AvgIpc) is 2.98. The molecule has 0 spiro atoms. The molecule has 1 aliphatic rings. The first-order valence-electron chi connectivity index (χ1n) is 13.6. The number of hydrogen-bond acceptors (Lipinski definition) is 9. The van der Waals surface area contributed by atoms with Crippen molar-refractivity contribution in [3.05, 3.63) is 101 Å². The normalized spacial score (nSPS) is 16.4. The van der Waals surface area contributed by atoms with Crippen molar-refractivity contribution in [2.24, 2.45) is 0 Å². The van der Waals surface area contributed by atoms with E-state index in [4.69, 9.17) is 13.6 Å². The zero-order chi connectivity index (χ0) is 30.7. The molecule has 6 aromatic rings. The lowest BCUT2D eigenvalue weighted by molar-refractivity contribution is 0.0195. The van der Waals surface area contributed by atoms with Crippen LogP contribution in [0.2, 0.25) is 0 Å². The van der Waals surface area contributed by atoms with E-state index in [0.717, 1.165) is 11.5 Å². The fourth-order valence-corrected chi connectivity index (χ4v) is 5.53. The van der Waals surface area contributed by atoms with Crippen molar-refractivity contribution in [1.82, 2.24) is 0 Å². The maximum atomic E-state index is 10.8. The van der Waals surface area contributed by atoms with Crippen molar-refractivity contribution in [3.63, 3.8) is 0 Å². The summed E-state index contributed by atoms with van der Waals surface area (Å²) in [4.78, 5) is 10.4. The lowest BCUT2D eigenvalue weighted by Crippen LogP contribution is -2.30. The summed E-state index contributed by atoms with van der Waals surface area (Å²) < 4.78 is 18.2. The van der Waals surface area contributed by atoms with Gasteiger partial charge in [0.1, 0.15) is 51.8 Å². The van der Waals surface area contributed by atoms with Gasteiger partial charge in [0.25, 0.3) is 0 Å². The number of aliphatic hydroxyl groups is 1. The highest BCUT2D eigenvalue weighted by atomic mass is 16.5. The van der Waals surface area contributed by atoms with Crippen molar-refractivity contribution < 1.29 is 49.0 Å². The topological polar surface area (TPSA) is 178 Å². The summed E-state index contributed by atoms with van der Waals surface area (Å²) in [5.41, 5.74) is 2.26. The third-order valence-corrected chi connectivity index (χ3v) is 7.65. The van der Waals surface area contributed by atoms with Gasteiger partial charge >= 0.3 is 5.43 Å². The van der Waals surface area contributed by atoms with Gasteiger partial charge in [-0.15, -0.1) is 0 Å². The molecule has 3 heterocycles. The van der Waals surface area contributed by atoms with E-state index in [-0.39, 0.29) is 57.5 Å². The summed E-state index contributed by atoms with van der Waals surface area (Å²) in [5, 5.41) is 63.0. The van der Waals surface area contributed by atoms with Crippen LogP contribution in [0.25, 0.3) is 45.4 Å². The Bertz CT molecular complexity index is 2170. The van der Waals surface area contributed by atoms with E-state index < -0.39 is 12.2 Å². The molecule has 0 saturated heterocycles. The van der Waals surface area contributed by atoms with Crippen LogP contribution >= 0.6 is 0 Å². The highest BCUT2D eigenvalue weighted by Crippen LogP contribution is 2.47. The fourth-order valence-electron chi connectivity index (χ4n) is 5.53. The van der Waals surface area contributed by atoms with E-state index in [9.17, 15) is 35.4 Å². The largest absolute Gasteiger partial charge is 0.508 e. The zero-order valence-corrected chi connectivity index (χ0v) is 22.8. The van der Waals surface area contributed by atoms with Crippen molar-refractivity contribution >= 4 is 34.1 Å². The van der Waals surface area contributed by atoms with Gasteiger partial charge in [0, 0.05) is 23.6 Å². The first-order chi connectivity index (χ1) is 21.1. The van der Waals surface area contributed by atoms with Gasteiger partial charge in [0.2, 0.25) is 0 Å². The van der Waals surface area contributed by atoms with Crippen LogP contribution in [0, 0.1) is 0 Å². The molecule has 2 aromatic heterocycles. The molecule has 0 amide bonds. The fraction of sp³-hybridized carbons (Fsp3) is 0.0882. The number of phenolic OH excluding ortho intramolecular Hbond substituents is 5. The molecule has 1 aliphatic heterocycles. The Morgan fingerprint density at radius 3 is 2.23 bits per heavy atom. The van der Waals surface area contributed by atoms with Crippen LogP contribution in [0.5, 0.6) is 34.5 Å². The smallest absolute Gasteiger partial charge is 0.347 e. The number of aliphatic hydroxyl groups excluding tert-OH is 1. The summed E-state index contributed by atoms with van der Waals surface area (Å²) in [6.07, 6.45) is 1.06. The van der Waals surface area contributed by atoms with Gasteiger partial charge < -0.3 is 44.2 Å². The number of benzene rings is 4. The lowest BCUT2D eigenvalue weighted by atomic mass is 9.92. The minimum Gasteiger partial charge on any atom is -0.508 e. The van der Waals surface area contributed by atoms with Crippen molar-refractivity contribution in [1.29, 1.82) is 0 Å². The Labute approximate surface area is 248 Å². The number of hydrogen-bond donors (Lipinski definition) is 6. The number of ether oxygens (including phenoxy) is 1. The third-order valence-electron chi connectivity index (χ3n) is 7.65. The Morgan fingerprint density at radius 1 is 0.727 bits per heavy atom. The second-order valence-corrected chi connectivity index (χ2v) is 10.6. The predicted octanol–water partition coefficient (Wildman–Crippen LogP) is 5.59. The molecule has 220 valence electrons. The Hall–Kier alpha value is -5.87. The molecule has 0 fully saturated rings. The van der Waals surface area contributed by atoms with Crippen LogP contribution in [0.15, 0.2) is 81.6 Å². The standard InChI is InChI=1S/C34H24O10/c35-19-4-1-16(2-5-19)29-11-18-9-21(42-30-12-20(36)13-31(43-29)32(18)30)6-7-22-25(38)15-26(39)23-14-28(41)33(44-34(22)23)17-3-8-24(37)27(40)10-17/h1-13,15,28,33,35,37-41H,14H2/p+1. The van der Waals surface area contributed by atoms with Crippen LogP contribution < -0.4 is 10.2 Å². The second kappa shape index (κ2) is 10.1.